The molecule has 1 aromatic carbocycles. The van der Waals surface area contributed by atoms with Crippen LogP contribution < -0.4 is 5.32 Å². The van der Waals surface area contributed by atoms with Crippen molar-refractivity contribution in [1.29, 1.82) is 0 Å². The summed E-state index contributed by atoms with van der Waals surface area (Å²) in [4.78, 5) is 14.6. The Hall–Kier alpha value is -1.15. The van der Waals surface area contributed by atoms with Crippen molar-refractivity contribution in [2.24, 2.45) is 0 Å². The standard InChI is InChI=1S/C18H28ClN3O3S/c1-3-22(4-2)26(24,25)15-9-10-16(19)17(13-15)20-18(23)14-21-11-7-5-6-8-12-21/h9-10,13H,3-8,11-12,14H2,1-2H3,(H,20,23). The summed E-state index contributed by atoms with van der Waals surface area (Å²) >= 11 is 6.17. The number of nitrogens with one attached hydrogen (secondary N) is 1. The first-order valence-electron chi connectivity index (χ1n) is 9.20. The van der Waals surface area contributed by atoms with Gasteiger partial charge in [-0.1, -0.05) is 38.3 Å². The maximum atomic E-state index is 12.7. The zero-order chi connectivity index (χ0) is 19.2. The normalized spacial score (nSPS) is 16.5. The molecule has 1 aliphatic rings. The van der Waals surface area contributed by atoms with E-state index in [1.165, 1.54) is 35.3 Å². The molecule has 1 N–H and O–H groups in total. The van der Waals surface area contributed by atoms with Gasteiger partial charge in [0, 0.05) is 13.1 Å². The number of anilines is 1. The first-order valence-corrected chi connectivity index (χ1v) is 11.0. The number of hydrogen-bond donors (Lipinski definition) is 1. The lowest BCUT2D eigenvalue weighted by atomic mass is 10.2. The molecule has 0 aromatic heterocycles. The summed E-state index contributed by atoms with van der Waals surface area (Å²) in [7, 11) is -3.60. The molecule has 0 aliphatic carbocycles. The van der Waals surface area contributed by atoms with E-state index in [0.29, 0.717) is 30.3 Å². The zero-order valence-corrected chi connectivity index (χ0v) is 17.1. The van der Waals surface area contributed by atoms with Gasteiger partial charge in [-0.15, -0.1) is 0 Å². The van der Waals surface area contributed by atoms with Gasteiger partial charge in [0.15, 0.2) is 0 Å². The second kappa shape index (κ2) is 9.69. The highest BCUT2D eigenvalue weighted by Crippen LogP contribution is 2.27. The average Bonchev–Trinajstić information content (AvgIpc) is 2.86. The van der Waals surface area contributed by atoms with Gasteiger partial charge < -0.3 is 5.32 Å². The number of hydrogen-bond acceptors (Lipinski definition) is 4. The number of carbonyl (C=O) groups excluding carboxylic acids is 1. The highest BCUT2D eigenvalue weighted by molar-refractivity contribution is 7.89. The van der Waals surface area contributed by atoms with Gasteiger partial charge in [0.2, 0.25) is 15.9 Å². The van der Waals surface area contributed by atoms with E-state index in [0.717, 1.165) is 25.9 Å². The lowest BCUT2D eigenvalue weighted by molar-refractivity contribution is -0.117. The van der Waals surface area contributed by atoms with Crippen LogP contribution in [-0.2, 0) is 14.8 Å². The van der Waals surface area contributed by atoms with Gasteiger partial charge in [0.05, 0.1) is 22.2 Å². The molecule has 0 unspecified atom stereocenters. The summed E-state index contributed by atoms with van der Waals surface area (Å²) in [6.07, 6.45) is 4.61. The molecule has 1 aromatic rings. The number of rotatable bonds is 7. The van der Waals surface area contributed by atoms with Crippen molar-refractivity contribution in [2.75, 3.05) is 38.0 Å². The van der Waals surface area contributed by atoms with Crippen LogP contribution in [0.5, 0.6) is 0 Å². The van der Waals surface area contributed by atoms with E-state index in [4.69, 9.17) is 11.6 Å². The fourth-order valence-electron chi connectivity index (χ4n) is 3.16. The molecule has 1 fully saturated rings. The lowest BCUT2D eigenvalue weighted by Crippen LogP contribution is -2.34. The molecule has 0 atom stereocenters. The van der Waals surface area contributed by atoms with Crippen LogP contribution in [0.4, 0.5) is 5.69 Å². The molecule has 1 heterocycles. The minimum atomic E-state index is -3.60. The van der Waals surface area contributed by atoms with Crippen molar-refractivity contribution in [3.8, 4) is 0 Å². The topological polar surface area (TPSA) is 69.7 Å². The third-order valence-electron chi connectivity index (χ3n) is 4.62. The van der Waals surface area contributed by atoms with Crippen molar-refractivity contribution in [2.45, 2.75) is 44.4 Å². The highest BCUT2D eigenvalue weighted by atomic mass is 35.5. The van der Waals surface area contributed by atoms with Gasteiger partial charge >= 0.3 is 0 Å². The molecule has 0 saturated carbocycles. The van der Waals surface area contributed by atoms with Gasteiger partial charge in [-0.2, -0.15) is 4.31 Å². The van der Waals surface area contributed by atoms with Crippen LogP contribution in [0.15, 0.2) is 23.1 Å². The van der Waals surface area contributed by atoms with E-state index < -0.39 is 10.0 Å². The number of amides is 1. The Morgan fingerprint density at radius 2 is 1.77 bits per heavy atom. The number of sulfonamides is 1. The van der Waals surface area contributed by atoms with Crippen LogP contribution in [0, 0.1) is 0 Å². The van der Waals surface area contributed by atoms with Gasteiger partial charge in [0.25, 0.3) is 0 Å². The summed E-state index contributed by atoms with van der Waals surface area (Å²) in [5, 5.41) is 3.10. The molecule has 1 amide bonds. The monoisotopic (exact) mass is 401 g/mol. The predicted octanol–water partition coefficient (Wildman–Crippen LogP) is 3.19. The van der Waals surface area contributed by atoms with Crippen LogP contribution in [0.2, 0.25) is 5.02 Å². The van der Waals surface area contributed by atoms with E-state index in [-0.39, 0.29) is 10.8 Å². The third-order valence-corrected chi connectivity index (χ3v) is 7.00. The highest BCUT2D eigenvalue weighted by Gasteiger charge is 2.23. The molecule has 2 rings (SSSR count). The Kier molecular flexibility index (Phi) is 7.88. The Morgan fingerprint density at radius 3 is 2.35 bits per heavy atom. The maximum absolute atomic E-state index is 12.7. The minimum Gasteiger partial charge on any atom is -0.324 e. The summed E-state index contributed by atoms with van der Waals surface area (Å²) in [5.41, 5.74) is 0.333. The third kappa shape index (κ3) is 5.42. The summed E-state index contributed by atoms with van der Waals surface area (Å²) in [6, 6.07) is 4.43. The zero-order valence-electron chi connectivity index (χ0n) is 15.5. The van der Waals surface area contributed by atoms with Crippen molar-refractivity contribution >= 4 is 33.2 Å². The molecule has 146 valence electrons. The van der Waals surface area contributed by atoms with Crippen molar-refractivity contribution in [3.05, 3.63) is 23.2 Å². The number of benzene rings is 1. The Balaban J connectivity index is 2.13. The molecule has 0 spiro atoms. The van der Waals surface area contributed by atoms with Gasteiger partial charge in [-0.3, -0.25) is 9.69 Å². The van der Waals surface area contributed by atoms with E-state index >= 15 is 0 Å². The molecule has 1 aliphatic heterocycles. The number of likely N-dealkylation sites (tertiary alicyclic amines) is 1. The largest absolute Gasteiger partial charge is 0.324 e. The maximum Gasteiger partial charge on any atom is 0.243 e. The van der Waals surface area contributed by atoms with Gasteiger partial charge in [0.1, 0.15) is 0 Å². The number of halogens is 1. The van der Waals surface area contributed by atoms with Crippen LogP contribution in [-0.4, -0.2) is 56.3 Å². The van der Waals surface area contributed by atoms with Crippen LogP contribution in [0.1, 0.15) is 39.5 Å². The van der Waals surface area contributed by atoms with Crippen LogP contribution in [0.25, 0.3) is 0 Å². The Bertz CT molecular complexity index is 712. The first kappa shape index (κ1) is 21.2. The molecule has 0 radical (unpaired) electrons. The lowest BCUT2D eigenvalue weighted by Gasteiger charge is -2.20. The average molecular weight is 402 g/mol. The molecular weight excluding hydrogens is 374 g/mol. The van der Waals surface area contributed by atoms with Gasteiger partial charge in [-0.25, -0.2) is 8.42 Å². The smallest absolute Gasteiger partial charge is 0.243 e. The van der Waals surface area contributed by atoms with E-state index in [2.05, 4.69) is 10.2 Å². The summed E-state index contributed by atoms with van der Waals surface area (Å²) in [5.74, 6) is -0.175. The van der Waals surface area contributed by atoms with Crippen molar-refractivity contribution in [3.63, 3.8) is 0 Å². The van der Waals surface area contributed by atoms with Crippen molar-refractivity contribution in [1.82, 2.24) is 9.21 Å². The predicted molar refractivity (Wildman–Crippen MR) is 105 cm³/mol. The second-order valence-electron chi connectivity index (χ2n) is 6.47. The van der Waals surface area contributed by atoms with Crippen LogP contribution in [0.3, 0.4) is 0 Å². The molecule has 0 bridgehead atoms. The molecule has 8 heteroatoms. The van der Waals surface area contributed by atoms with Crippen molar-refractivity contribution < 1.29 is 13.2 Å². The minimum absolute atomic E-state index is 0.135. The fraction of sp³-hybridized carbons (Fsp3) is 0.611. The quantitative estimate of drug-likeness (QED) is 0.761. The molecule has 26 heavy (non-hydrogen) atoms. The van der Waals surface area contributed by atoms with E-state index in [9.17, 15) is 13.2 Å². The van der Waals surface area contributed by atoms with Crippen LogP contribution >= 0.6 is 11.6 Å². The fourth-order valence-corrected chi connectivity index (χ4v) is 4.81. The molecular formula is C18H28ClN3O3S. The summed E-state index contributed by atoms with van der Waals surface area (Å²) in [6.45, 7) is 6.48. The van der Waals surface area contributed by atoms with E-state index in [1.807, 2.05) is 0 Å². The summed E-state index contributed by atoms with van der Waals surface area (Å²) < 4.78 is 26.7. The number of carbonyl (C=O) groups is 1. The Morgan fingerprint density at radius 1 is 1.15 bits per heavy atom. The van der Waals surface area contributed by atoms with E-state index in [1.54, 1.807) is 13.8 Å². The first-order chi connectivity index (χ1) is 12.4. The second-order valence-corrected chi connectivity index (χ2v) is 8.81. The van der Waals surface area contributed by atoms with Gasteiger partial charge in [-0.05, 0) is 44.1 Å². The number of nitrogens with zero attached hydrogens (tertiary/aromatic N) is 2. The Labute approximate surface area is 161 Å². The molecule has 6 nitrogen and oxygen atoms in total. The SMILES string of the molecule is CCN(CC)S(=O)(=O)c1ccc(Cl)c(NC(=O)CN2CCCCCC2)c1. The molecule has 1 saturated heterocycles.